The van der Waals surface area contributed by atoms with E-state index in [1.54, 1.807) is 0 Å². The molecule has 1 aliphatic carbocycles. The molecule has 0 N–H and O–H groups in total. The third-order valence-electron chi connectivity index (χ3n) is 8.58. The van der Waals surface area contributed by atoms with Crippen molar-refractivity contribution in [2.75, 3.05) is 0 Å². The summed E-state index contributed by atoms with van der Waals surface area (Å²) >= 11 is 0. The largest absolute Gasteiger partial charge is 0.0622 e. The molecule has 0 fully saturated rings. The van der Waals surface area contributed by atoms with Crippen LogP contribution < -0.4 is 0 Å². The summed E-state index contributed by atoms with van der Waals surface area (Å²) in [5, 5.41) is 0. The molecule has 0 aliphatic heterocycles. The van der Waals surface area contributed by atoms with Crippen LogP contribution in [0.4, 0.5) is 0 Å². The van der Waals surface area contributed by atoms with Gasteiger partial charge >= 0.3 is 0 Å². The van der Waals surface area contributed by atoms with Crippen LogP contribution >= 0.6 is 0 Å². The average Bonchev–Trinajstić information content (AvgIpc) is 3.24. The predicted molar refractivity (Wildman–Crippen MR) is 170 cm³/mol. The molecule has 7 rings (SSSR count). The Hall–Kier alpha value is -4.68. The van der Waals surface area contributed by atoms with Crippen molar-refractivity contribution in [3.05, 3.63) is 156 Å². The Morgan fingerprint density at radius 1 is 0.375 bits per heavy atom. The highest BCUT2D eigenvalue weighted by Crippen LogP contribution is 2.52. The van der Waals surface area contributed by atoms with Crippen LogP contribution in [0.15, 0.2) is 140 Å². The van der Waals surface area contributed by atoms with Gasteiger partial charge in [0.1, 0.15) is 0 Å². The second kappa shape index (κ2) is 9.50. The zero-order chi connectivity index (χ0) is 27.3. The van der Waals surface area contributed by atoms with Gasteiger partial charge in [-0.05, 0) is 104 Å². The molecule has 0 bridgehead atoms. The average molecular weight is 513 g/mol. The van der Waals surface area contributed by atoms with E-state index in [4.69, 9.17) is 0 Å². The summed E-state index contributed by atoms with van der Waals surface area (Å²) in [5.41, 5.74) is 16.9. The van der Waals surface area contributed by atoms with E-state index in [2.05, 4.69) is 160 Å². The number of hydrogen-bond acceptors (Lipinski definition) is 0. The minimum atomic E-state index is -0.0878. The highest BCUT2D eigenvalue weighted by Gasteiger charge is 2.37. The summed E-state index contributed by atoms with van der Waals surface area (Å²) in [6, 6.07) is 51.0. The summed E-state index contributed by atoms with van der Waals surface area (Å²) in [4.78, 5) is 0. The Kier molecular flexibility index (Phi) is 5.79. The molecule has 192 valence electrons. The second-order valence-electron chi connectivity index (χ2n) is 11.5. The Balaban J connectivity index is 1.29. The predicted octanol–water partition coefficient (Wildman–Crippen LogP) is 11.0. The summed E-state index contributed by atoms with van der Waals surface area (Å²) in [6.45, 7) is 7.03. The number of fused-ring (bicyclic) bond motifs is 3. The Labute approximate surface area is 237 Å². The molecular formula is C40H32. The van der Waals surface area contributed by atoms with E-state index in [0.29, 0.717) is 0 Å². The van der Waals surface area contributed by atoms with E-state index < -0.39 is 0 Å². The molecule has 0 saturated carbocycles. The number of hydrogen-bond donors (Lipinski definition) is 0. The molecule has 1 aliphatic rings. The van der Waals surface area contributed by atoms with E-state index in [9.17, 15) is 0 Å². The van der Waals surface area contributed by atoms with Crippen LogP contribution in [-0.4, -0.2) is 0 Å². The van der Waals surface area contributed by atoms with E-state index in [0.717, 1.165) is 0 Å². The normalized spacial score (nSPS) is 13.1. The third kappa shape index (κ3) is 4.08. The quantitative estimate of drug-likeness (QED) is 0.220. The lowest BCUT2D eigenvalue weighted by Gasteiger charge is -2.23. The van der Waals surface area contributed by atoms with Crippen molar-refractivity contribution in [3.8, 4) is 55.6 Å². The van der Waals surface area contributed by atoms with Crippen molar-refractivity contribution in [1.29, 1.82) is 0 Å². The van der Waals surface area contributed by atoms with E-state index >= 15 is 0 Å². The molecule has 6 aromatic carbocycles. The van der Waals surface area contributed by atoms with Gasteiger partial charge in [-0.3, -0.25) is 0 Å². The summed E-state index contributed by atoms with van der Waals surface area (Å²) in [5.74, 6) is 0. The zero-order valence-electron chi connectivity index (χ0n) is 23.3. The van der Waals surface area contributed by atoms with Gasteiger partial charge in [-0.15, -0.1) is 0 Å². The van der Waals surface area contributed by atoms with Gasteiger partial charge in [-0.2, -0.15) is 0 Å². The van der Waals surface area contributed by atoms with E-state index in [1.807, 2.05) is 0 Å². The van der Waals surface area contributed by atoms with Gasteiger partial charge in [0.25, 0.3) is 0 Å². The molecule has 0 aromatic heterocycles. The lowest BCUT2D eigenvalue weighted by atomic mass is 9.80. The molecule has 0 heterocycles. The van der Waals surface area contributed by atoms with Crippen LogP contribution in [0.25, 0.3) is 55.6 Å². The summed E-state index contributed by atoms with van der Waals surface area (Å²) in [6.07, 6.45) is 0. The molecule has 0 amide bonds. The first-order valence-electron chi connectivity index (χ1n) is 14.1. The number of aryl methyl sites for hydroxylation is 1. The van der Waals surface area contributed by atoms with Crippen molar-refractivity contribution < 1.29 is 0 Å². The first kappa shape index (κ1) is 24.4. The fraction of sp³-hybridized carbons (Fsp3) is 0.100. The lowest BCUT2D eigenvalue weighted by molar-refractivity contribution is 0.660. The summed E-state index contributed by atoms with van der Waals surface area (Å²) < 4.78 is 0. The lowest BCUT2D eigenvalue weighted by Crippen LogP contribution is -2.15. The fourth-order valence-corrected chi connectivity index (χ4v) is 6.43. The third-order valence-corrected chi connectivity index (χ3v) is 8.58. The topological polar surface area (TPSA) is 0 Å². The Morgan fingerprint density at radius 3 is 1.40 bits per heavy atom. The van der Waals surface area contributed by atoms with Crippen molar-refractivity contribution in [1.82, 2.24) is 0 Å². The molecule has 0 heteroatoms. The van der Waals surface area contributed by atoms with Crippen LogP contribution in [0.5, 0.6) is 0 Å². The monoisotopic (exact) mass is 512 g/mol. The molecule has 40 heavy (non-hydrogen) atoms. The standard InChI is InChI=1S/C40H32/c1-27-22-35(33-19-11-17-31(24-33)29-14-8-5-9-15-29)26-38-39(27)36-21-20-34(25-37(36)40(38,2)3)32-18-10-16-30(23-32)28-12-6-4-7-13-28/h4-26H,1-3H3. The van der Waals surface area contributed by atoms with Gasteiger partial charge in [-0.1, -0.05) is 129 Å². The molecule has 0 saturated heterocycles. The zero-order valence-corrected chi connectivity index (χ0v) is 23.3. The first-order chi connectivity index (χ1) is 19.5. The molecule has 6 aromatic rings. The molecule has 0 spiro atoms. The van der Waals surface area contributed by atoms with Crippen molar-refractivity contribution in [2.45, 2.75) is 26.2 Å². The minimum Gasteiger partial charge on any atom is -0.0622 e. The van der Waals surface area contributed by atoms with E-state index in [-0.39, 0.29) is 5.41 Å². The summed E-state index contributed by atoms with van der Waals surface area (Å²) in [7, 11) is 0. The second-order valence-corrected chi connectivity index (χ2v) is 11.5. The first-order valence-corrected chi connectivity index (χ1v) is 14.1. The van der Waals surface area contributed by atoms with Gasteiger partial charge in [0.2, 0.25) is 0 Å². The minimum absolute atomic E-state index is 0.0878. The maximum atomic E-state index is 2.43. The van der Waals surface area contributed by atoms with Crippen LogP contribution in [0.1, 0.15) is 30.5 Å². The van der Waals surface area contributed by atoms with E-state index in [1.165, 1.54) is 72.3 Å². The molecule has 0 nitrogen and oxygen atoms in total. The van der Waals surface area contributed by atoms with Crippen molar-refractivity contribution in [3.63, 3.8) is 0 Å². The maximum Gasteiger partial charge on any atom is 0.0159 e. The molecular weight excluding hydrogens is 480 g/mol. The highest BCUT2D eigenvalue weighted by atomic mass is 14.4. The highest BCUT2D eigenvalue weighted by molar-refractivity contribution is 5.88. The van der Waals surface area contributed by atoms with Gasteiger partial charge < -0.3 is 0 Å². The van der Waals surface area contributed by atoms with Crippen molar-refractivity contribution in [2.24, 2.45) is 0 Å². The number of rotatable bonds is 4. The van der Waals surface area contributed by atoms with Gasteiger partial charge in [0.15, 0.2) is 0 Å². The molecule has 0 radical (unpaired) electrons. The SMILES string of the molecule is Cc1cc(-c2cccc(-c3ccccc3)c2)cc2c1-c1ccc(-c3cccc(-c4ccccc4)c3)cc1C2(C)C. The maximum absolute atomic E-state index is 2.43. The van der Waals surface area contributed by atoms with Crippen LogP contribution in [0.2, 0.25) is 0 Å². The molecule has 0 atom stereocenters. The Bertz CT molecular complexity index is 1860. The molecule has 0 unspecified atom stereocenters. The van der Waals surface area contributed by atoms with Gasteiger partial charge in [-0.25, -0.2) is 0 Å². The number of benzene rings is 6. The van der Waals surface area contributed by atoms with Crippen LogP contribution in [0.3, 0.4) is 0 Å². The van der Waals surface area contributed by atoms with Crippen molar-refractivity contribution >= 4 is 0 Å². The smallest absolute Gasteiger partial charge is 0.0159 e. The Morgan fingerprint density at radius 2 is 0.825 bits per heavy atom. The van der Waals surface area contributed by atoms with Crippen LogP contribution in [0, 0.1) is 6.92 Å². The van der Waals surface area contributed by atoms with Gasteiger partial charge in [0, 0.05) is 5.41 Å². The van der Waals surface area contributed by atoms with Gasteiger partial charge in [0.05, 0.1) is 0 Å². The fourth-order valence-electron chi connectivity index (χ4n) is 6.43. The van der Waals surface area contributed by atoms with Crippen LogP contribution in [-0.2, 0) is 5.41 Å².